The van der Waals surface area contributed by atoms with Crippen molar-refractivity contribution in [1.29, 1.82) is 0 Å². The van der Waals surface area contributed by atoms with Crippen LogP contribution in [0.15, 0.2) is 18.5 Å². The lowest BCUT2D eigenvalue weighted by molar-refractivity contribution is 0.0665. The van der Waals surface area contributed by atoms with Crippen molar-refractivity contribution in [1.82, 2.24) is 24.6 Å². The van der Waals surface area contributed by atoms with Crippen LogP contribution in [0.3, 0.4) is 0 Å². The highest BCUT2D eigenvalue weighted by Gasteiger charge is 2.27. The second kappa shape index (κ2) is 5.87. The van der Waals surface area contributed by atoms with E-state index < -0.39 is 0 Å². The van der Waals surface area contributed by atoms with Gasteiger partial charge in [0, 0.05) is 25.0 Å². The molecule has 0 spiro atoms. The van der Waals surface area contributed by atoms with E-state index in [0.717, 1.165) is 36.5 Å². The molecule has 6 nitrogen and oxygen atoms in total. The van der Waals surface area contributed by atoms with E-state index in [0.29, 0.717) is 12.2 Å². The van der Waals surface area contributed by atoms with E-state index in [1.807, 2.05) is 18.7 Å². The summed E-state index contributed by atoms with van der Waals surface area (Å²) in [6.07, 6.45) is 5.22. The summed E-state index contributed by atoms with van der Waals surface area (Å²) in [5.74, 6) is -0.0428. The average molecular weight is 299 g/mol. The molecule has 0 aromatic carbocycles. The van der Waals surface area contributed by atoms with E-state index in [1.54, 1.807) is 12.4 Å². The molecule has 2 aromatic heterocycles. The fourth-order valence-corrected chi connectivity index (χ4v) is 3.02. The van der Waals surface area contributed by atoms with Gasteiger partial charge in [0.25, 0.3) is 5.91 Å². The first kappa shape index (κ1) is 14.7. The van der Waals surface area contributed by atoms with Gasteiger partial charge in [0.15, 0.2) is 0 Å². The van der Waals surface area contributed by atoms with Crippen LogP contribution in [-0.4, -0.2) is 43.6 Å². The highest BCUT2D eigenvalue weighted by atomic mass is 16.2. The summed E-state index contributed by atoms with van der Waals surface area (Å²) in [5.41, 5.74) is 3.40. The van der Waals surface area contributed by atoms with Crippen LogP contribution in [0, 0.1) is 20.8 Å². The molecule has 1 atom stereocenters. The highest BCUT2D eigenvalue weighted by Crippen LogP contribution is 2.23. The predicted octanol–water partition coefficient (Wildman–Crippen LogP) is 2.08. The Morgan fingerprint density at radius 2 is 2.00 bits per heavy atom. The molecule has 0 bridgehead atoms. The summed E-state index contributed by atoms with van der Waals surface area (Å²) < 4.78 is 2.05. The number of aryl methyl sites for hydroxylation is 3. The fraction of sp³-hybridized carbons (Fsp3) is 0.500. The summed E-state index contributed by atoms with van der Waals surface area (Å²) in [6.45, 7) is 7.37. The summed E-state index contributed by atoms with van der Waals surface area (Å²) in [4.78, 5) is 22.8. The minimum atomic E-state index is -0.0428. The van der Waals surface area contributed by atoms with Gasteiger partial charge < -0.3 is 4.90 Å². The van der Waals surface area contributed by atoms with E-state index in [4.69, 9.17) is 0 Å². The maximum absolute atomic E-state index is 12.6. The standard InChI is InChI=1S/C16H21N5O/c1-11-7-13(3)21(19-11)14-5-4-6-20(10-14)16(22)15-9-17-12(2)8-18-15/h7-9,14H,4-6,10H2,1-3H3/t14-/m1/s1. The van der Waals surface area contributed by atoms with Gasteiger partial charge >= 0.3 is 0 Å². The van der Waals surface area contributed by atoms with Gasteiger partial charge in [0.1, 0.15) is 5.69 Å². The Hall–Kier alpha value is -2.24. The van der Waals surface area contributed by atoms with Crippen LogP contribution in [-0.2, 0) is 0 Å². The number of rotatable bonds is 2. The molecule has 3 heterocycles. The maximum Gasteiger partial charge on any atom is 0.274 e. The van der Waals surface area contributed by atoms with Crippen LogP contribution in [0.4, 0.5) is 0 Å². The van der Waals surface area contributed by atoms with Crippen molar-refractivity contribution in [3.8, 4) is 0 Å². The predicted molar refractivity (Wildman–Crippen MR) is 82.6 cm³/mol. The van der Waals surface area contributed by atoms with E-state index in [-0.39, 0.29) is 11.9 Å². The molecule has 0 unspecified atom stereocenters. The minimum Gasteiger partial charge on any atom is -0.335 e. The molecular formula is C16H21N5O. The van der Waals surface area contributed by atoms with Gasteiger partial charge in [-0.2, -0.15) is 5.10 Å². The van der Waals surface area contributed by atoms with Gasteiger partial charge in [0.05, 0.1) is 23.6 Å². The number of likely N-dealkylation sites (tertiary alicyclic amines) is 1. The second-order valence-corrected chi connectivity index (χ2v) is 5.96. The molecule has 1 aliphatic rings. The van der Waals surface area contributed by atoms with Gasteiger partial charge in [-0.1, -0.05) is 0 Å². The smallest absolute Gasteiger partial charge is 0.274 e. The summed E-state index contributed by atoms with van der Waals surface area (Å²) >= 11 is 0. The van der Waals surface area contributed by atoms with Crippen molar-refractivity contribution in [3.05, 3.63) is 41.2 Å². The second-order valence-electron chi connectivity index (χ2n) is 5.96. The number of carbonyl (C=O) groups excluding carboxylic acids is 1. The minimum absolute atomic E-state index is 0.0428. The molecular weight excluding hydrogens is 278 g/mol. The van der Waals surface area contributed by atoms with Crippen molar-refractivity contribution in [3.63, 3.8) is 0 Å². The molecule has 0 saturated carbocycles. The molecule has 3 rings (SSSR count). The van der Waals surface area contributed by atoms with Crippen molar-refractivity contribution >= 4 is 5.91 Å². The zero-order valence-corrected chi connectivity index (χ0v) is 13.3. The zero-order valence-electron chi connectivity index (χ0n) is 13.3. The number of carbonyl (C=O) groups is 1. The fourth-order valence-electron chi connectivity index (χ4n) is 3.02. The molecule has 0 N–H and O–H groups in total. The van der Waals surface area contributed by atoms with Gasteiger partial charge in [-0.25, -0.2) is 4.98 Å². The summed E-state index contributed by atoms with van der Waals surface area (Å²) in [5, 5.41) is 4.56. The Bertz CT molecular complexity index is 676. The quantitative estimate of drug-likeness (QED) is 0.851. The Kier molecular flexibility index (Phi) is 3.92. The van der Waals surface area contributed by atoms with Crippen LogP contribution in [0.1, 0.15) is 46.5 Å². The van der Waals surface area contributed by atoms with E-state index in [9.17, 15) is 4.79 Å². The molecule has 1 amide bonds. The van der Waals surface area contributed by atoms with Gasteiger partial charge in [-0.3, -0.25) is 14.5 Å². The third kappa shape index (κ3) is 2.86. The van der Waals surface area contributed by atoms with Gasteiger partial charge in [-0.15, -0.1) is 0 Å². The monoisotopic (exact) mass is 299 g/mol. The first-order chi connectivity index (χ1) is 10.5. The third-order valence-corrected chi connectivity index (χ3v) is 4.07. The number of hydrogen-bond acceptors (Lipinski definition) is 4. The Balaban J connectivity index is 1.76. The van der Waals surface area contributed by atoms with Crippen molar-refractivity contribution in [2.75, 3.05) is 13.1 Å². The third-order valence-electron chi connectivity index (χ3n) is 4.07. The van der Waals surface area contributed by atoms with Crippen LogP contribution in [0.5, 0.6) is 0 Å². The number of aromatic nitrogens is 4. The van der Waals surface area contributed by atoms with Crippen LogP contribution >= 0.6 is 0 Å². The molecule has 116 valence electrons. The normalized spacial score (nSPS) is 18.5. The van der Waals surface area contributed by atoms with Gasteiger partial charge in [0.2, 0.25) is 0 Å². The molecule has 0 radical (unpaired) electrons. The molecule has 0 aliphatic carbocycles. The number of amides is 1. The number of hydrogen-bond donors (Lipinski definition) is 0. The lowest BCUT2D eigenvalue weighted by Crippen LogP contribution is -2.41. The van der Waals surface area contributed by atoms with Crippen LogP contribution < -0.4 is 0 Å². The van der Waals surface area contributed by atoms with Crippen molar-refractivity contribution < 1.29 is 4.79 Å². The van der Waals surface area contributed by atoms with Crippen molar-refractivity contribution in [2.45, 2.75) is 39.7 Å². The Labute approximate surface area is 130 Å². The van der Waals surface area contributed by atoms with Crippen LogP contribution in [0.25, 0.3) is 0 Å². The molecule has 22 heavy (non-hydrogen) atoms. The lowest BCUT2D eigenvalue weighted by Gasteiger charge is -2.33. The molecule has 6 heteroatoms. The largest absolute Gasteiger partial charge is 0.335 e. The van der Waals surface area contributed by atoms with E-state index in [2.05, 4.69) is 32.7 Å². The highest BCUT2D eigenvalue weighted by molar-refractivity contribution is 5.92. The topological polar surface area (TPSA) is 63.9 Å². The van der Waals surface area contributed by atoms with Crippen molar-refractivity contribution in [2.24, 2.45) is 0 Å². The summed E-state index contributed by atoms with van der Waals surface area (Å²) in [7, 11) is 0. The molecule has 2 aromatic rings. The molecule has 1 aliphatic heterocycles. The SMILES string of the molecule is Cc1cnc(C(=O)N2CCC[C@@H](n3nc(C)cc3C)C2)cn1. The molecule has 1 saturated heterocycles. The number of piperidine rings is 1. The zero-order chi connectivity index (χ0) is 15.7. The lowest BCUT2D eigenvalue weighted by atomic mass is 10.1. The molecule has 1 fully saturated rings. The maximum atomic E-state index is 12.6. The van der Waals surface area contributed by atoms with Crippen LogP contribution in [0.2, 0.25) is 0 Å². The first-order valence-corrected chi connectivity index (χ1v) is 7.65. The Morgan fingerprint density at radius 1 is 1.18 bits per heavy atom. The van der Waals surface area contributed by atoms with Gasteiger partial charge in [-0.05, 0) is 39.7 Å². The first-order valence-electron chi connectivity index (χ1n) is 7.65. The Morgan fingerprint density at radius 3 is 2.64 bits per heavy atom. The number of nitrogens with zero attached hydrogens (tertiary/aromatic N) is 5. The van der Waals surface area contributed by atoms with E-state index in [1.165, 1.54) is 0 Å². The average Bonchev–Trinajstić information content (AvgIpc) is 2.86. The van der Waals surface area contributed by atoms with E-state index >= 15 is 0 Å². The summed E-state index contributed by atoms with van der Waals surface area (Å²) in [6, 6.07) is 2.32.